The summed E-state index contributed by atoms with van der Waals surface area (Å²) >= 11 is -1.69. The van der Waals surface area contributed by atoms with Gasteiger partial charge < -0.3 is 0 Å². The highest BCUT2D eigenvalue weighted by Gasteiger charge is 2.17. The molecule has 0 aliphatic heterocycles. The average molecular weight is 332 g/mol. The first-order chi connectivity index (χ1) is 10.9. The Kier molecular flexibility index (Phi) is 5.85. The molecule has 0 aliphatic carbocycles. The summed E-state index contributed by atoms with van der Waals surface area (Å²) in [5.41, 5.74) is 4.19. The monoisotopic (exact) mass is 332 g/mol. The predicted molar refractivity (Wildman–Crippen MR) is 93.3 cm³/mol. The summed E-state index contributed by atoms with van der Waals surface area (Å²) in [4.78, 5) is 0.607. The number of alkyl halides is 1. The largest absolute Gasteiger partial charge is 0.283 e. The fourth-order valence-corrected chi connectivity index (χ4v) is 3.40. The number of halogens is 1. The zero-order valence-corrected chi connectivity index (χ0v) is 14.5. The summed E-state index contributed by atoms with van der Waals surface area (Å²) < 4.78 is 31.8. The number of allylic oxidation sites excluding steroid dienone is 1. The van der Waals surface area contributed by atoms with E-state index in [1.54, 1.807) is 24.3 Å². The zero-order valence-electron chi connectivity index (χ0n) is 13.6. The minimum Gasteiger partial charge on any atom is -0.283 e. The van der Waals surface area contributed by atoms with Crippen LogP contribution in [0.5, 0.6) is 0 Å². The molecule has 0 aliphatic rings. The van der Waals surface area contributed by atoms with Gasteiger partial charge in [0.25, 0.3) is 0 Å². The van der Waals surface area contributed by atoms with Gasteiger partial charge in [-0.1, -0.05) is 54.6 Å². The van der Waals surface area contributed by atoms with Crippen LogP contribution in [-0.2, 0) is 15.3 Å². The lowest BCUT2D eigenvalue weighted by Crippen LogP contribution is -2.08. The maximum Gasteiger partial charge on any atom is 0.189 e. The van der Waals surface area contributed by atoms with E-state index in [1.807, 2.05) is 39.0 Å². The van der Waals surface area contributed by atoms with Crippen molar-refractivity contribution < 1.29 is 12.8 Å². The molecule has 2 aromatic rings. The van der Waals surface area contributed by atoms with Gasteiger partial charge in [-0.3, -0.25) is 4.18 Å². The van der Waals surface area contributed by atoms with Gasteiger partial charge in [0.2, 0.25) is 0 Å². The number of rotatable bonds is 6. The second kappa shape index (κ2) is 7.66. The van der Waals surface area contributed by atoms with Crippen LogP contribution in [0.1, 0.15) is 35.3 Å². The van der Waals surface area contributed by atoms with E-state index >= 15 is 0 Å². The van der Waals surface area contributed by atoms with Crippen molar-refractivity contribution in [3.8, 4) is 0 Å². The van der Waals surface area contributed by atoms with Gasteiger partial charge in [0.15, 0.2) is 11.1 Å². The van der Waals surface area contributed by atoms with Crippen LogP contribution in [0.4, 0.5) is 4.39 Å². The smallest absolute Gasteiger partial charge is 0.189 e. The van der Waals surface area contributed by atoms with E-state index in [0.717, 1.165) is 22.3 Å². The molecule has 0 saturated heterocycles. The van der Waals surface area contributed by atoms with Gasteiger partial charge >= 0.3 is 0 Å². The molecule has 2 aromatic carbocycles. The molecule has 0 aromatic heterocycles. The molecule has 0 heterocycles. The lowest BCUT2D eigenvalue weighted by Gasteiger charge is -2.13. The van der Waals surface area contributed by atoms with Crippen molar-refractivity contribution in [1.82, 2.24) is 0 Å². The fourth-order valence-electron chi connectivity index (χ4n) is 2.40. The van der Waals surface area contributed by atoms with Crippen molar-refractivity contribution in [3.05, 3.63) is 71.3 Å². The van der Waals surface area contributed by atoms with Crippen molar-refractivity contribution in [2.75, 3.05) is 6.61 Å². The molecule has 0 fully saturated rings. The Bertz CT molecular complexity index is 702. The molecule has 2 nitrogen and oxygen atoms in total. The molecule has 122 valence electrons. The van der Waals surface area contributed by atoms with Crippen LogP contribution >= 0.6 is 0 Å². The van der Waals surface area contributed by atoms with Crippen LogP contribution in [0.15, 0.2) is 53.9 Å². The summed E-state index contributed by atoms with van der Waals surface area (Å²) in [7, 11) is 0. The van der Waals surface area contributed by atoms with Gasteiger partial charge in [0, 0.05) is 0 Å². The molecule has 0 amide bonds. The number of hydrogen-bond donors (Lipinski definition) is 0. The van der Waals surface area contributed by atoms with Gasteiger partial charge in [-0.15, -0.1) is 0 Å². The Hall–Kier alpha value is -1.78. The van der Waals surface area contributed by atoms with E-state index in [9.17, 15) is 8.60 Å². The lowest BCUT2D eigenvalue weighted by atomic mass is 10.0. The minimum atomic E-state index is -1.69. The molecule has 0 saturated carbocycles. The highest BCUT2D eigenvalue weighted by molar-refractivity contribution is 7.80. The Balaban J connectivity index is 2.11. The zero-order chi connectivity index (χ0) is 17.0. The van der Waals surface area contributed by atoms with Gasteiger partial charge in [-0.05, 0) is 43.0 Å². The number of hydrogen-bond acceptors (Lipinski definition) is 2. The van der Waals surface area contributed by atoms with Gasteiger partial charge in [-0.25, -0.2) is 8.60 Å². The summed E-state index contributed by atoms with van der Waals surface area (Å²) in [5.74, 6) is 0. The molecule has 2 unspecified atom stereocenters. The average Bonchev–Trinajstić information content (AvgIpc) is 2.52. The topological polar surface area (TPSA) is 26.3 Å². The van der Waals surface area contributed by atoms with E-state index in [1.165, 1.54) is 0 Å². The van der Waals surface area contributed by atoms with E-state index in [-0.39, 0.29) is 6.61 Å². The molecule has 0 spiro atoms. The van der Waals surface area contributed by atoms with Crippen molar-refractivity contribution in [2.24, 2.45) is 0 Å². The highest BCUT2D eigenvalue weighted by Crippen LogP contribution is 2.25. The van der Waals surface area contributed by atoms with Crippen LogP contribution in [-0.4, -0.2) is 10.8 Å². The maximum absolute atomic E-state index is 14.1. The Morgan fingerprint density at radius 1 is 1.22 bits per heavy atom. The third kappa shape index (κ3) is 4.36. The highest BCUT2D eigenvalue weighted by atomic mass is 32.2. The van der Waals surface area contributed by atoms with Crippen LogP contribution in [0, 0.1) is 13.8 Å². The first kappa shape index (κ1) is 17.6. The van der Waals surface area contributed by atoms with Gasteiger partial charge in [-0.2, -0.15) is 0 Å². The van der Waals surface area contributed by atoms with Crippen molar-refractivity contribution >= 4 is 16.7 Å². The van der Waals surface area contributed by atoms with Crippen molar-refractivity contribution in [3.63, 3.8) is 0 Å². The van der Waals surface area contributed by atoms with Crippen molar-refractivity contribution in [1.29, 1.82) is 0 Å². The number of benzene rings is 2. The summed E-state index contributed by atoms with van der Waals surface area (Å²) in [6.45, 7) is 9.36. The molecule has 0 bridgehead atoms. The van der Waals surface area contributed by atoms with E-state index in [0.29, 0.717) is 10.5 Å². The molecular weight excluding hydrogens is 311 g/mol. The van der Waals surface area contributed by atoms with Crippen molar-refractivity contribution in [2.45, 2.75) is 31.8 Å². The minimum absolute atomic E-state index is 0.238. The van der Waals surface area contributed by atoms with Crippen LogP contribution in [0.3, 0.4) is 0 Å². The molecule has 0 radical (unpaired) electrons. The Morgan fingerprint density at radius 2 is 1.78 bits per heavy atom. The molecule has 4 heteroatoms. The molecule has 2 atom stereocenters. The molecule has 0 N–H and O–H groups in total. The summed E-state index contributed by atoms with van der Waals surface area (Å²) in [5, 5.41) is 0. The third-order valence-corrected chi connectivity index (χ3v) is 4.93. The first-order valence-corrected chi connectivity index (χ1v) is 8.49. The van der Waals surface area contributed by atoms with E-state index in [4.69, 9.17) is 4.18 Å². The summed E-state index contributed by atoms with van der Waals surface area (Å²) in [6, 6.07) is 12.6. The molecule has 23 heavy (non-hydrogen) atoms. The van der Waals surface area contributed by atoms with Gasteiger partial charge in [0.05, 0.1) is 11.5 Å². The quantitative estimate of drug-likeness (QED) is 0.737. The second-order valence-electron chi connectivity index (χ2n) is 5.62. The van der Waals surface area contributed by atoms with Crippen LogP contribution in [0.25, 0.3) is 5.57 Å². The SMILES string of the molecule is C=C(C)c1cc(C)c(S(=O)OCC(F)c2ccccc2)c(C)c1. The van der Waals surface area contributed by atoms with Gasteiger partial charge in [0.1, 0.15) is 6.17 Å². The van der Waals surface area contributed by atoms with E-state index < -0.39 is 17.3 Å². The Labute approximate surface area is 139 Å². The Morgan fingerprint density at radius 3 is 2.30 bits per heavy atom. The number of aryl methyl sites for hydroxylation is 2. The lowest BCUT2D eigenvalue weighted by molar-refractivity contribution is 0.213. The third-order valence-electron chi connectivity index (χ3n) is 3.60. The standard InChI is InChI=1S/C19H21FO2S/c1-13(2)17-10-14(3)19(15(4)11-17)23(21)22-12-18(20)16-8-6-5-7-9-16/h5-11,18H,1,12H2,2-4H3. The fraction of sp³-hybridized carbons (Fsp3) is 0.263. The second-order valence-corrected chi connectivity index (χ2v) is 6.73. The van der Waals surface area contributed by atoms with Crippen LogP contribution < -0.4 is 0 Å². The summed E-state index contributed by atoms with van der Waals surface area (Å²) in [6.07, 6.45) is -1.30. The maximum atomic E-state index is 14.1. The normalized spacial score (nSPS) is 13.6. The molecular formula is C19H21FO2S. The first-order valence-electron chi connectivity index (χ1n) is 7.41. The molecule has 2 rings (SSSR count). The predicted octanol–water partition coefficient (Wildman–Crippen LogP) is 5.09. The van der Waals surface area contributed by atoms with Crippen LogP contribution in [0.2, 0.25) is 0 Å². The van der Waals surface area contributed by atoms with E-state index in [2.05, 4.69) is 6.58 Å².